The van der Waals surface area contributed by atoms with E-state index in [9.17, 15) is 10.5 Å². The van der Waals surface area contributed by atoms with Gasteiger partial charge in [-0.05, 0) is 46.5 Å². The van der Waals surface area contributed by atoms with Gasteiger partial charge in [-0.25, -0.2) is 4.85 Å². The Labute approximate surface area is 175 Å². The van der Waals surface area contributed by atoms with Crippen molar-refractivity contribution in [2.45, 2.75) is 0 Å². The van der Waals surface area contributed by atoms with Gasteiger partial charge < -0.3 is 0 Å². The quantitative estimate of drug-likeness (QED) is 0.398. The van der Waals surface area contributed by atoms with Crippen LogP contribution in [-0.2, 0) is 0 Å². The molecule has 0 unspecified atom stereocenters. The van der Waals surface area contributed by atoms with Gasteiger partial charge in [0.1, 0.15) is 0 Å². The highest BCUT2D eigenvalue weighted by Crippen LogP contribution is 2.22. The summed E-state index contributed by atoms with van der Waals surface area (Å²) >= 11 is 0. The number of nitriles is 3. The van der Waals surface area contributed by atoms with E-state index in [1.807, 2.05) is 36.4 Å². The summed E-state index contributed by atoms with van der Waals surface area (Å²) in [5.74, 6) is 0. The summed E-state index contributed by atoms with van der Waals surface area (Å²) in [6.07, 6.45) is 7.27. The fourth-order valence-electron chi connectivity index (χ4n) is 2.80. The molecule has 0 N–H and O–H groups in total. The molecule has 4 nitrogen and oxygen atoms in total. The zero-order chi connectivity index (χ0) is 21.3. The molecule has 138 valence electrons. The predicted molar refractivity (Wildman–Crippen MR) is 118 cm³/mol. The minimum absolute atomic E-state index is 0.460. The minimum Gasteiger partial charge on any atom is -0.238 e. The first-order chi connectivity index (χ1) is 14.7. The lowest BCUT2D eigenvalue weighted by Gasteiger charge is -2.04. The van der Waals surface area contributed by atoms with Crippen LogP contribution in [0, 0.1) is 40.6 Å². The van der Waals surface area contributed by atoms with Crippen LogP contribution in [0.4, 0.5) is 5.69 Å². The SMILES string of the molecule is [C-]#[N+]c1ccc(C=Cc2cc(C#N)c(C=Cc3ccc(C#N)cc3)cc2C#N)cc1. The summed E-state index contributed by atoms with van der Waals surface area (Å²) in [6, 6.07) is 24.1. The highest BCUT2D eigenvalue weighted by molar-refractivity contribution is 5.79. The standard InChI is InChI=1S/C26H14N4/c1-30-26-12-8-20(9-13-26)7-11-23-15-24(17-28)22(14-25(23)18-29)10-6-19-2-4-21(16-27)5-3-19/h2-15H. The molecule has 0 radical (unpaired) electrons. The van der Waals surface area contributed by atoms with Crippen LogP contribution < -0.4 is 0 Å². The van der Waals surface area contributed by atoms with Gasteiger partial charge in [0.25, 0.3) is 0 Å². The van der Waals surface area contributed by atoms with Gasteiger partial charge in [-0.15, -0.1) is 0 Å². The molecule has 0 aromatic heterocycles. The van der Waals surface area contributed by atoms with Crippen LogP contribution in [0.15, 0.2) is 60.7 Å². The number of benzene rings is 3. The maximum atomic E-state index is 9.56. The molecule has 0 heterocycles. The lowest BCUT2D eigenvalue weighted by Crippen LogP contribution is -1.90. The van der Waals surface area contributed by atoms with Crippen LogP contribution in [0.25, 0.3) is 29.1 Å². The summed E-state index contributed by atoms with van der Waals surface area (Å²) < 4.78 is 0. The predicted octanol–water partition coefficient (Wildman–Crippen LogP) is 6.19. The molecule has 0 aliphatic rings. The van der Waals surface area contributed by atoms with E-state index in [1.54, 1.807) is 48.6 Å². The summed E-state index contributed by atoms with van der Waals surface area (Å²) in [5, 5.41) is 28.0. The molecule has 0 atom stereocenters. The average molecular weight is 382 g/mol. The molecule has 30 heavy (non-hydrogen) atoms. The van der Waals surface area contributed by atoms with Crippen LogP contribution in [-0.4, -0.2) is 0 Å². The first-order valence-electron chi connectivity index (χ1n) is 8.99. The summed E-state index contributed by atoms with van der Waals surface area (Å²) in [6.45, 7) is 7.00. The fraction of sp³-hybridized carbons (Fsp3) is 0. The number of hydrogen-bond acceptors (Lipinski definition) is 3. The highest BCUT2D eigenvalue weighted by Gasteiger charge is 2.06. The second kappa shape index (κ2) is 9.34. The van der Waals surface area contributed by atoms with Gasteiger partial charge in [0, 0.05) is 0 Å². The van der Waals surface area contributed by atoms with Gasteiger partial charge in [0.15, 0.2) is 5.69 Å². The normalized spacial score (nSPS) is 10.3. The molecule has 0 saturated heterocycles. The van der Waals surface area contributed by atoms with Crippen molar-refractivity contribution in [3.05, 3.63) is 111 Å². The molecule has 0 saturated carbocycles. The van der Waals surface area contributed by atoms with E-state index in [-0.39, 0.29) is 0 Å². The molecule has 0 fully saturated rings. The van der Waals surface area contributed by atoms with Crippen molar-refractivity contribution in [2.75, 3.05) is 0 Å². The maximum absolute atomic E-state index is 9.56. The third-order valence-electron chi connectivity index (χ3n) is 4.44. The maximum Gasteiger partial charge on any atom is 0.187 e. The van der Waals surface area contributed by atoms with Gasteiger partial charge in [0.2, 0.25) is 0 Å². The molecule has 0 amide bonds. The van der Waals surface area contributed by atoms with E-state index >= 15 is 0 Å². The average Bonchev–Trinajstić information content (AvgIpc) is 2.81. The van der Waals surface area contributed by atoms with E-state index in [1.165, 1.54) is 0 Å². The Balaban J connectivity index is 1.91. The lowest BCUT2D eigenvalue weighted by molar-refractivity contribution is 1.43. The molecule has 3 rings (SSSR count). The minimum atomic E-state index is 0.460. The molecule has 3 aromatic rings. The Morgan fingerprint density at radius 3 is 1.50 bits per heavy atom. The van der Waals surface area contributed by atoms with E-state index in [4.69, 9.17) is 11.8 Å². The number of nitrogens with zero attached hydrogens (tertiary/aromatic N) is 4. The van der Waals surface area contributed by atoms with Gasteiger partial charge >= 0.3 is 0 Å². The molecule has 0 aliphatic carbocycles. The number of hydrogen-bond donors (Lipinski definition) is 0. The Morgan fingerprint density at radius 1 is 0.633 bits per heavy atom. The second-order valence-corrected chi connectivity index (χ2v) is 6.35. The van der Waals surface area contributed by atoms with E-state index in [0.717, 1.165) is 11.1 Å². The smallest absolute Gasteiger partial charge is 0.187 e. The summed E-state index contributed by atoms with van der Waals surface area (Å²) in [5.41, 5.74) is 5.16. The van der Waals surface area contributed by atoms with Crippen molar-refractivity contribution in [3.8, 4) is 18.2 Å². The summed E-state index contributed by atoms with van der Waals surface area (Å²) in [7, 11) is 0. The molecule has 0 bridgehead atoms. The first-order valence-corrected chi connectivity index (χ1v) is 8.99. The Hall–Kier alpha value is -4.90. The van der Waals surface area contributed by atoms with Crippen LogP contribution >= 0.6 is 0 Å². The van der Waals surface area contributed by atoms with Gasteiger partial charge in [-0.1, -0.05) is 60.7 Å². The van der Waals surface area contributed by atoms with Crippen molar-refractivity contribution in [3.63, 3.8) is 0 Å². The Bertz CT molecular complexity index is 1190. The van der Waals surface area contributed by atoms with Crippen LogP contribution in [0.3, 0.4) is 0 Å². The van der Waals surface area contributed by atoms with E-state index in [2.05, 4.69) is 23.1 Å². The van der Waals surface area contributed by atoms with E-state index in [0.29, 0.717) is 33.5 Å². The highest BCUT2D eigenvalue weighted by atomic mass is 14.6. The van der Waals surface area contributed by atoms with Crippen molar-refractivity contribution in [1.29, 1.82) is 15.8 Å². The molecular weight excluding hydrogens is 368 g/mol. The number of rotatable bonds is 4. The van der Waals surface area contributed by atoms with E-state index < -0.39 is 0 Å². The van der Waals surface area contributed by atoms with Crippen LogP contribution in [0.5, 0.6) is 0 Å². The van der Waals surface area contributed by atoms with Crippen molar-refractivity contribution in [2.24, 2.45) is 0 Å². The van der Waals surface area contributed by atoms with Crippen LogP contribution in [0.2, 0.25) is 0 Å². The first kappa shape index (κ1) is 19.9. The summed E-state index contributed by atoms with van der Waals surface area (Å²) in [4.78, 5) is 3.36. The van der Waals surface area contributed by atoms with Gasteiger partial charge in [0.05, 0.1) is 41.5 Å². The Kier molecular flexibility index (Phi) is 6.18. The molecule has 4 heteroatoms. The third-order valence-corrected chi connectivity index (χ3v) is 4.44. The molecule has 0 aliphatic heterocycles. The third kappa shape index (κ3) is 4.68. The van der Waals surface area contributed by atoms with Gasteiger partial charge in [-0.3, -0.25) is 0 Å². The Morgan fingerprint density at radius 2 is 1.10 bits per heavy atom. The topological polar surface area (TPSA) is 75.7 Å². The van der Waals surface area contributed by atoms with Crippen molar-refractivity contribution >= 4 is 30.0 Å². The second-order valence-electron chi connectivity index (χ2n) is 6.35. The molecular formula is C26H14N4. The van der Waals surface area contributed by atoms with Crippen molar-refractivity contribution in [1.82, 2.24) is 0 Å². The lowest BCUT2D eigenvalue weighted by atomic mass is 9.97. The fourth-order valence-corrected chi connectivity index (χ4v) is 2.80. The van der Waals surface area contributed by atoms with Gasteiger partial charge in [-0.2, -0.15) is 15.8 Å². The molecule has 0 spiro atoms. The monoisotopic (exact) mass is 382 g/mol. The molecule has 3 aromatic carbocycles. The van der Waals surface area contributed by atoms with Crippen molar-refractivity contribution < 1.29 is 0 Å². The zero-order valence-electron chi connectivity index (χ0n) is 15.9. The zero-order valence-corrected chi connectivity index (χ0v) is 15.9. The largest absolute Gasteiger partial charge is 0.238 e. The van der Waals surface area contributed by atoms with Crippen LogP contribution in [0.1, 0.15) is 38.9 Å².